The number of hydrogen-bond acceptors (Lipinski definition) is 3. The summed E-state index contributed by atoms with van der Waals surface area (Å²) in [5.41, 5.74) is 2.34. The van der Waals surface area contributed by atoms with Crippen molar-refractivity contribution >= 4 is 41.0 Å². The average Bonchev–Trinajstić information content (AvgIpc) is 2.41. The van der Waals surface area contributed by atoms with Gasteiger partial charge in [-0.15, -0.1) is 4.91 Å². The fourth-order valence-electron chi connectivity index (χ4n) is 1.64. The number of amides is 1. The van der Waals surface area contributed by atoms with Crippen LogP contribution in [0.25, 0.3) is 11.1 Å². The summed E-state index contributed by atoms with van der Waals surface area (Å²) in [6.07, 6.45) is 0.558. The van der Waals surface area contributed by atoms with E-state index in [0.717, 1.165) is 11.1 Å². The minimum atomic E-state index is 0.191. The van der Waals surface area contributed by atoms with E-state index in [4.69, 9.17) is 23.2 Å². The zero-order valence-corrected chi connectivity index (χ0v) is 11.1. The second kappa shape index (κ2) is 5.82. The summed E-state index contributed by atoms with van der Waals surface area (Å²) in [5.74, 6) is 0. The first-order valence-electron chi connectivity index (χ1n) is 5.28. The van der Waals surface area contributed by atoms with E-state index in [9.17, 15) is 9.70 Å². The fraction of sp³-hybridized carbons (Fsp3) is 0. The highest BCUT2D eigenvalue weighted by Crippen LogP contribution is 2.33. The van der Waals surface area contributed by atoms with Crippen LogP contribution in [0.2, 0.25) is 10.0 Å². The summed E-state index contributed by atoms with van der Waals surface area (Å²) < 4.78 is 0. The Kier molecular flexibility index (Phi) is 4.14. The zero-order valence-electron chi connectivity index (χ0n) is 9.56. The van der Waals surface area contributed by atoms with Crippen LogP contribution in [-0.4, -0.2) is 6.41 Å². The molecular weight excluding hydrogens is 287 g/mol. The van der Waals surface area contributed by atoms with E-state index in [2.05, 4.69) is 10.5 Å². The SMILES string of the molecule is O=CNc1ccc(-c2ccc(N=O)c(Cl)c2)cc1Cl. The van der Waals surface area contributed by atoms with E-state index < -0.39 is 0 Å². The van der Waals surface area contributed by atoms with Crippen molar-refractivity contribution in [3.63, 3.8) is 0 Å². The Bertz CT molecular complexity index is 645. The molecule has 2 aromatic carbocycles. The van der Waals surface area contributed by atoms with Gasteiger partial charge in [-0.05, 0) is 40.6 Å². The third-order valence-corrected chi connectivity index (χ3v) is 3.18. The van der Waals surface area contributed by atoms with Gasteiger partial charge in [0.2, 0.25) is 6.41 Å². The predicted molar refractivity (Wildman–Crippen MR) is 77.0 cm³/mol. The summed E-state index contributed by atoms with van der Waals surface area (Å²) in [6.45, 7) is 0. The number of carbonyl (C=O) groups excluding carboxylic acids is 1. The monoisotopic (exact) mass is 294 g/mol. The third-order valence-electron chi connectivity index (χ3n) is 2.56. The van der Waals surface area contributed by atoms with Crippen molar-refractivity contribution in [2.45, 2.75) is 0 Å². The zero-order chi connectivity index (χ0) is 13.8. The number of halogens is 2. The molecule has 0 aromatic heterocycles. The minimum Gasteiger partial charge on any atom is -0.327 e. The van der Waals surface area contributed by atoms with E-state index >= 15 is 0 Å². The van der Waals surface area contributed by atoms with Gasteiger partial charge in [0, 0.05) is 0 Å². The normalized spacial score (nSPS) is 10.0. The molecule has 6 heteroatoms. The minimum absolute atomic E-state index is 0.191. The Hall–Kier alpha value is -1.91. The van der Waals surface area contributed by atoms with Crippen LogP contribution in [0.5, 0.6) is 0 Å². The number of hydrogen-bond donors (Lipinski definition) is 1. The molecule has 0 saturated carbocycles. The van der Waals surface area contributed by atoms with Crippen LogP contribution < -0.4 is 5.32 Å². The summed E-state index contributed by atoms with van der Waals surface area (Å²) >= 11 is 11.9. The van der Waals surface area contributed by atoms with Crippen LogP contribution in [0.1, 0.15) is 0 Å². The molecule has 1 N–H and O–H groups in total. The fourth-order valence-corrected chi connectivity index (χ4v) is 2.09. The molecule has 0 aliphatic heterocycles. The summed E-state index contributed by atoms with van der Waals surface area (Å²) in [5, 5.41) is 5.98. The molecule has 2 rings (SSSR count). The van der Waals surface area contributed by atoms with E-state index in [-0.39, 0.29) is 10.7 Å². The molecule has 0 aliphatic rings. The van der Waals surface area contributed by atoms with E-state index in [1.54, 1.807) is 30.3 Å². The number of benzene rings is 2. The Balaban J connectivity index is 2.42. The molecule has 0 atom stereocenters. The molecule has 0 saturated heterocycles. The van der Waals surface area contributed by atoms with Crippen LogP contribution in [0.3, 0.4) is 0 Å². The van der Waals surface area contributed by atoms with Gasteiger partial charge in [0.25, 0.3) is 0 Å². The molecule has 19 heavy (non-hydrogen) atoms. The van der Waals surface area contributed by atoms with Crippen LogP contribution >= 0.6 is 23.2 Å². The Morgan fingerprint density at radius 3 is 2.16 bits per heavy atom. The van der Waals surface area contributed by atoms with Crippen molar-refractivity contribution in [2.75, 3.05) is 5.32 Å². The summed E-state index contributed by atoms with van der Waals surface area (Å²) in [7, 11) is 0. The maximum Gasteiger partial charge on any atom is 0.211 e. The van der Waals surface area contributed by atoms with Crippen molar-refractivity contribution in [3.8, 4) is 11.1 Å². The predicted octanol–water partition coefficient (Wildman–Crippen LogP) is 4.63. The van der Waals surface area contributed by atoms with Gasteiger partial charge in [-0.2, -0.15) is 0 Å². The van der Waals surface area contributed by atoms with Crippen LogP contribution in [0.15, 0.2) is 41.6 Å². The van der Waals surface area contributed by atoms with Crippen LogP contribution in [0, 0.1) is 4.91 Å². The topological polar surface area (TPSA) is 58.5 Å². The van der Waals surface area contributed by atoms with Crippen LogP contribution in [-0.2, 0) is 4.79 Å². The lowest BCUT2D eigenvalue weighted by Gasteiger charge is -2.07. The highest BCUT2D eigenvalue weighted by Gasteiger charge is 2.06. The molecule has 2 aromatic rings. The lowest BCUT2D eigenvalue weighted by atomic mass is 10.0. The number of rotatable bonds is 4. The first kappa shape index (κ1) is 13.5. The molecule has 4 nitrogen and oxygen atoms in total. The smallest absolute Gasteiger partial charge is 0.211 e. The van der Waals surface area contributed by atoms with Gasteiger partial charge in [0.1, 0.15) is 5.69 Å². The summed E-state index contributed by atoms with van der Waals surface area (Å²) in [4.78, 5) is 20.8. The average molecular weight is 295 g/mol. The van der Waals surface area contributed by atoms with E-state index in [1.807, 2.05) is 0 Å². The van der Waals surface area contributed by atoms with Crippen LogP contribution in [0.4, 0.5) is 11.4 Å². The molecule has 0 fully saturated rings. The number of nitroso groups, excluding NO2 is 1. The maximum absolute atomic E-state index is 10.4. The Morgan fingerprint density at radius 1 is 1.00 bits per heavy atom. The van der Waals surface area contributed by atoms with Gasteiger partial charge < -0.3 is 5.32 Å². The number of nitrogens with zero attached hydrogens (tertiary/aromatic N) is 1. The van der Waals surface area contributed by atoms with Crippen molar-refractivity contribution in [1.29, 1.82) is 0 Å². The van der Waals surface area contributed by atoms with Crippen molar-refractivity contribution in [2.24, 2.45) is 5.18 Å². The van der Waals surface area contributed by atoms with Crippen molar-refractivity contribution in [1.82, 2.24) is 0 Å². The largest absolute Gasteiger partial charge is 0.327 e. The van der Waals surface area contributed by atoms with E-state index in [1.165, 1.54) is 6.07 Å². The van der Waals surface area contributed by atoms with Crippen molar-refractivity contribution in [3.05, 3.63) is 51.4 Å². The van der Waals surface area contributed by atoms with Gasteiger partial charge in [0.15, 0.2) is 0 Å². The third kappa shape index (κ3) is 2.92. The molecule has 0 radical (unpaired) electrons. The Labute approximate surface area is 119 Å². The number of anilines is 1. The molecule has 96 valence electrons. The maximum atomic E-state index is 10.4. The highest BCUT2D eigenvalue weighted by molar-refractivity contribution is 6.34. The molecule has 0 unspecified atom stereocenters. The Morgan fingerprint density at radius 2 is 1.63 bits per heavy atom. The first-order valence-corrected chi connectivity index (χ1v) is 6.04. The second-order valence-electron chi connectivity index (χ2n) is 3.71. The number of nitrogens with one attached hydrogen (secondary N) is 1. The second-order valence-corrected chi connectivity index (χ2v) is 4.53. The van der Waals surface area contributed by atoms with Gasteiger partial charge >= 0.3 is 0 Å². The molecular formula is C13H8Cl2N2O2. The quantitative estimate of drug-likeness (QED) is 0.660. The molecule has 0 heterocycles. The summed E-state index contributed by atoms with van der Waals surface area (Å²) in [6, 6.07) is 10.1. The van der Waals surface area contributed by atoms with Gasteiger partial charge in [-0.1, -0.05) is 35.3 Å². The first-order chi connectivity index (χ1) is 9.15. The highest BCUT2D eigenvalue weighted by atomic mass is 35.5. The lowest BCUT2D eigenvalue weighted by molar-refractivity contribution is -0.105. The number of carbonyl (C=O) groups is 1. The lowest BCUT2D eigenvalue weighted by Crippen LogP contribution is -1.94. The standard InChI is InChI=1S/C13H8Cl2N2O2/c14-10-5-8(1-3-12(10)16-7-18)9-2-4-13(17-19)11(15)6-9/h1-7H,(H,16,18). The van der Waals surface area contributed by atoms with Gasteiger partial charge in [-0.25, -0.2) is 0 Å². The van der Waals surface area contributed by atoms with Gasteiger partial charge in [-0.3, -0.25) is 4.79 Å². The molecule has 1 amide bonds. The molecule has 0 spiro atoms. The van der Waals surface area contributed by atoms with Gasteiger partial charge in [0.05, 0.1) is 15.7 Å². The molecule has 0 aliphatic carbocycles. The molecule has 0 bridgehead atoms. The van der Waals surface area contributed by atoms with E-state index in [0.29, 0.717) is 17.1 Å². The van der Waals surface area contributed by atoms with Crippen molar-refractivity contribution < 1.29 is 4.79 Å².